The van der Waals surface area contributed by atoms with Gasteiger partial charge < -0.3 is 4.74 Å². The summed E-state index contributed by atoms with van der Waals surface area (Å²) in [5.74, 6) is -0.954. The molecule has 28 heavy (non-hydrogen) atoms. The second kappa shape index (κ2) is 8.24. The maximum atomic E-state index is 12.5. The fourth-order valence-corrected chi connectivity index (χ4v) is 3.67. The van der Waals surface area contributed by atoms with Crippen LogP contribution < -0.4 is 0 Å². The highest BCUT2D eigenvalue weighted by molar-refractivity contribution is 7.89. The molecule has 0 unspecified atom stereocenters. The molecule has 0 aliphatic rings. The molecule has 150 valence electrons. The fraction of sp³-hybridized carbons (Fsp3) is 0.333. The Bertz CT molecular complexity index is 1020. The molecule has 0 heterocycles. The second-order valence-electron chi connectivity index (χ2n) is 6.93. The summed E-state index contributed by atoms with van der Waals surface area (Å²) in [5.41, 5.74) is 4.79. The molecule has 0 fully saturated rings. The second-order valence-corrected chi connectivity index (χ2v) is 9.08. The molecule has 0 aliphatic heterocycles. The van der Waals surface area contributed by atoms with Gasteiger partial charge in [-0.1, -0.05) is 0 Å². The summed E-state index contributed by atoms with van der Waals surface area (Å²) < 4.78 is 30.3. The highest BCUT2D eigenvalue weighted by Gasteiger charge is 2.19. The van der Waals surface area contributed by atoms with Gasteiger partial charge in [-0.25, -0.2) is 17.5 Å². The minimum Gasteiger partial charge on any atom is -0.454 e. The minimum atomic E-state index is -3.57. The van der Waals surface area contributed by atoms with Gasteiger partial charge in [0.1, 0.15) is 0 Å². The van der Waals surface area contributed by atoms with Gasteiger partial charge in [0.2, 0.25) is 15.8 Å². The topological polar surface area (TPSA) is 80.8 Å². The van der Waals surface area contributed by atoms with Gasteiger partial charge in [0.05, 0.1) is 10.5 Å². The number of aryl methyl sites for hydroxylation is 1. The monoisotopic (exact) mass is 403 g/mol. The van der Waals surface area contributed by atoms with E-state index >= 15 is 0 Å². The number of sulfonamides is 1. The van der Waals surface area contributed by atoms with Crippen LogP contribution in [0.5, 0.6) is 0 Å². The molecule has 7 heteroatoms. The summed E-state index contributed by atoms with van der Waals surface area (Å²) >= 11 is 0. The average molecular weight is 404 g/mol. The quantitative estimate of drug-likeness (QED) is 0.546. The van der Waals surface area contributed by atoms with Crippen molar-refractivity contribution in [1.82, 2.24) is 4.31 Å². The summed E-state index contributed by atoms with van der Waals surface area (Å²) in [4.78, 5) is 24.8. The maximum Gasteiger partial charge on any atom is 0.338 e. The minimum absolute atomic E-state index is 0.0753. The lowest BCUT2D eigenvalue weighted by Crippen LogP contribution is -2.22. The third kappa shape index (κ3) is 4.31. The summed E-state index contributed by atoms with van der Waals surface area (Å²) in [6.07, 6.45) is 0. The third-order valence-corrected chi connectivity index (χ3v) is 6.81. The molecule has 0 bridgehead atoms. The molecule has 2 rings (SSSR count). The van der Waals surface area contributed by atoms with E-state index < -0.39 is 16.0 Å². The number of benzene rings is 2. The van der Waals surface area contributed by atoms with Crippen LogP contribution in [0.25, 0.3) is 0 Å². The lowest BCUT2D eigenvalue weighted by molar-refractivity contribution is 0.0474. The Hall–Kier alpha value is -2.51. The predicted octanol–water partition coefficient (Wildman–Crippen LogP) is 3.21. The summed E-state index contributed by atoms with van der Waals surface area (Å²) in [6, 6.07) is 7.23. The molecular formula is C21H25NO5S. The van der Waals surface area contributed by atoms with Crippen molar-refractivity contribution in [2.45, 2.75) is 32.6 Å². The third-order valence-electron chi connectivity index (χ3n) is 4.98. The van der Waals surface area contributed by atoms with E-state index in [1.807, 2.05) is 33.8 Å². The Kier molecular flexibility index (Phi) is 6.41. The van der Waals surface area contributed by atoms with Gasteiger partial charge in [-0.2, -0.15) is 0 Å². The van der Waals surface area contributed by atoms with Crippen LogP contribution in [0.15, 0.2) is 35.2 Å². The molecule has 0 aliphatic carbocycles. The number of carbonyl (C=O) groups excluding carboxylic acids is 2. The van der Waals surface area contributed by atoms with Crippen LogP contribution >= 0.6 is 0 Å². The first kappa shape index (κ1) is 21.8. The number of rotatable bonds is 6. The van der Waals surface area contributed by atoms with E-state index in [0.29, 0.717) is 5.56 Å². The molecule has 6 nitrogen and oxygen atoms in total. The molecule has 0 spiro atoms. The highest BCUT2D eigenvalue weighted by Crippen LogP contribution is 2.22. The Balaban J connectivity index is 2.12. The van der Waals surface area contributed by atoms with Crippen molar-refractivity contribution in [3.63, 3.8) is 0 Å². The van der Waals surface area contributed by atoms with Crippen molar-refractivity contribution >= 4 is 21.8 Å². The average Bonchev–Trinajstić information content (AvgIpc) is 2.66. The van der Waals surface area contributed by atoms with Gasteiger partial charge >= 0.3 is 5.97 Å². The van der Waals surface area contributed by atoms with Gasteiger partial charge in [-0.05, 0) is 80.3 Å². The molecular weight excluding hydrogens is 378 g/mol. The van der Waals surface area contributed by atoms with Gasteiger partial charge in [0.15, 0.2) is 6.61 Å². The van der Waals surface area contributed by atoms with Crippen LogP contribution in [0.3, 0.4) is 0 Å². The van der Waals surface area contributed by atoms with E-state index in [4.69, 9.17) is 4.74 Å². The Morgan fingerprint density at radius 3 is 2.04 bits per heavy atom. The normalized spacial score (nSPS) is 11.5. The number of hydrogen-bond acceptors (Lipinski definition) is 5. The van der Waals surface area contributed by atoms with Gasteiger partial charge in [-0.3, -0.25) is 4.79 Å². The van der Waals surface area contributed by atoms with Crippen LogP contribution in [0, 0.1) is 27.7 Å². The highest BCUT2D eigenvalue weighted by atomic mass is 32.2. The van der Waals surface area contributed by atoms with Crippen LogP contribution in [0.2, 0.25) is 0 Å². The van der Waals surface area contributed by atoms with E-state index in [1.54, 1.807) is 0 Å². The Morgan fingerprint density at radius 1 is 0.929 bits per heavy atom. The van der Waals surface area contributed by atoms with Crippen LogP contribution in [0.1, 0.15) is 43.0 Å². The predicted molar refractivity (Wildman–Crippen MR) is 107 cm³/mol. The van der Waals surface area contributed by atoms with Gasteiger partial charge in [-0.15, -0.1) is 0 Å². The number of ketones is 1. The first-order valence-corrected chi connectivity index (χ1v) is 10.2. The van der Waals surface area contributed by atoms with Gasteiger partial charge in [0.25, 0.3) is 0 Å². The van der Waals surface area contributed by atoms with E-state index in [-0.39, 0.29) is 22.8 Å². The van der Waals surface area contributed by atoms with Crippen LogP contribution in [-0.2, 0) is 14.8 Å². The van der Waals surface area contributed by atoms with Crippen LogP contribution in [-0.4, -0.2) is 45.2 Å². The van der Waals surface area contributed by atoms with Crippen molar-refractivity contribution in [1.29, 1.82) is 0 Å². The number of esters is 1. The number of nitrogens with zero attached hydrogens (tertiary/aromatic N) is 1. The van der Waals surface area contributed by atoms with Crippen molar-refractivity contribution in [3.05, 3.63) is 63.7 Å². The zero-order valence-corrected chi connectivity index (χ0v) is 17.8. The largest absolute Gasteiger partial charge is 0.454 e. The van der Waals surface area contributed by atoms with Crippen molar-refractivity contribution < 1.29 is 22.7 Å². The molecule has 0 aromatic heterocycles. The lowest BCUT2D eigenvalue weighted by Gasteiger charge is -2.14. The van der Waals surface area contributed by atoms with Gasteiger partial charge in [0, 0.05) is 19.7 Å². The molecule has 0 saturated heterocycles. The zero-order valence-electron chi connectivity index (χ0n) is 17.0. The molecule has 0 amide bonds. The lowest BCUT2D eigenvalue weighted by atomic mass is 9.93. The SMILES string of the molecule is Cc1cc(C(=O)COC(=O)c2ccc(S(=O)(=O)N(C)C)cc2)c(C)c(C)c1C. The Labute approximate surface area is 166 Å². The van der Waals surface area contributed by atoms with E-state index in [1.165, 1.54) is 38.4 Å². The van der Waals surface area contributed by atoms with Crippen molar-refractivity contribution in [2.75, 3.05) is 20.7 Å². The molecule has 0 N–H and O–H groups in total. The number of carbonyl (C=O) groups is 2. The van der Waals surface area contributed by atoms with E-state index in [9.17, 15) is 18.0 Å². The first-order chi connectivity index (χ1) is 13.0. The maximum absolute atomic E-state index is 12.5. The smallest absolute Gasteiger partial charge is 0.338 e. The fourth-order valence-electron chi connectivity index (χ4n) is 2.77. The number of hydrogen-bond donors (Lipinski definition) is 0. The molecule has 2 aromatic rings. The van der Waals surface area contributed by atoms with Crippen molar-refractivity contribution in [3.8, 4) is 0 Å². The van der Waals surface area contributed by atoms with Crippen LogP contribution in [0.4, 0.5) is 0 Å². The molecule has 0 saturated carbocycles. The number of Topliss-reactive ketones (excluding diaryl/α,β-unsaturated/α-hetero) is 1. The molecule has 0 atom stereocenters. The van der Waals surface area contributed by atoms with E-state index in [0.717, 1.165) is 26.6 Å². The standard InChI is InChI=1S/C21H25NO5S/c1-13-11-19(16(4)15(3)14(13)2)20(23)12-27-21(24)17-7-9-18(10-8-17)28(25,26)22(5)6/h7-11H,12H2,1-6H3. The van der Waals surface area contributed by atoms with Crippen molar-refractivity contribution in [2.24, 2.45) is 0 Å². The number of ether oxygens (including phenoxy) is 1. The first-order valence-electron chi connectivity index (χ1n) is 8.77. The molecule has 2 aromatic carbocycles. The summed E-state index contributed by atoms with van der Waals surface area (Å²) in [6.45, 7) is 7.41. The summed E-state index contributed by atoms with van der Waals surface area (Å²) in [5, 5.41) is 0. The van der Waals surface area contributed by atoms with E-state index in [2.05, 4.69) is 0 Å². The molecule has 0 radical (unpaired) electrons. The Morgan fingerprint density at radius 2 is 1.50 bits per heavy atom. The zero-order chi connectivity index (χ0) is 21.2. The summed E-state index contributed by atoms with van der Waals surface area (Å²) in [7, 11) is -0.710.